The van der Waals surface area contributed by atoms with Crippen molar-refractivity contribution >= 4 is 5.91 Å². The Hall–Kier alpha value is -0.570. The average molecular weight is 184 g/mol. The summed E-state index contributed by atoms with van der Waals surface area (Å²) in [4.78, 5) is 10.8. The summed E-state index contributed by atoms with van der Waals surface area (Å²) in [5.41, 5.74) is 2.15. The van der Waals surface area contributed by atoms with Crippen molar-refractivity contribution in [3.05, 3.63) is 0 Å². The minimum absolute atomic E-state index is 0.0357. The summed E-state index contributed by atoms with van der Waals surface area (Å²) < 4.78 is 0. The van der Waals surface area contributed by atoms with E-state index >= 15 is 0 Å². The summed E-state index contributed by atoms with van der Waals surface area (Å²) in [7, 11) is 0. The lowest BCUT2D eigenvalue weighted by Gasteiger charge is -2.07. The van der Waals surface area contributed by atoms with Crippen LogP contribution in [0, 0.1) is 5.92 Å². The Morgan fingerprint density at radius 2 is 2.00 bits per heavy atom. The van der Waals surface area contributed by atoms with Crippen LogP contribution in [-0.2, 0) is 4.79 Å². The molecule has 1 rings (SSSR count). The van der Waals surface area contributed by atoms with Gasteiger partial charge in [0.25, 0.3) is 0 Å². The molecule has 13 heavy (non-hydrogen) atoms. The molecule has 0 bridgehead atoms. The number of rotatable bonds is 5. The molecule has 3 N–H and O–H groups in total. The molecule has 0 radical (unpaired) electrons. The quantitative estimate of drug-likeness (QED) is 0.296. The number of amides is 1. The van der Waals surface area contributed by atoms with Crippen LogP contribution in [0.5, 0.6) is 0 Å². The van der Waals surface area contributed by atoms with Crippen LogP contribution < -0.4 is 11.3 Å². The van der Waals surface area contributed by atoms with Gasteiger partial charge in [0, 0.05) is 6.42 Å². The molecule has 0 aromatic rings. The maximum absolute atomic E-state index is 10.8. The third-order valence-corrected chi connectivity index (χ3v) is 2.90. The fourth-order valence-corrected chi connectivity index (χ4v) is 2.09. The van der Waals surface area contributed by atoms with Crippen LogP contribution in [0.1, 0.15) is 51.4 Å². The Labute approximate surface area is 80.0 Å². The zero-order chi connectivity index (χ0) is 9.52. The van der Waals surface area contributed by atoms with Crippen LogP contribution in [0.4, 0.5) is 0 Å². The maximum Gasteiger partial charge on any atom is 0.233 e. The van der Waals surface area contributed by atoms with E-state index in [0.29, 0.717) is 6.42 Å². The van der Waals surface area contributed by atoms with E-state index < -0.39 is 0 Å². The van der Waals surface area contributed by atoms with Gasteiger partial charge in [0.2, 0.25) is 5.91 Å². The molecule has 0 aromatic carbocycles. The van der Waals surface area contributed by atoms with Gasteiger partial charge < -0.3 is 0 Å². The summed E-state index contributed by atoms with van der Waals surface area (Å²) in [6.45, 7) is 0. The van der Waals surface area contributed by atoms with Gasteiger partial charge in [-0.2, -0.15) is 0 Å². The van der Waals surface area contributed by atoms with E-state index in [0.717, 1.165) is 12.3 Å². The summed E-state index contributed by atoms with van der Waals surface area (Å²) in [6, 6.07) is 0. The van der Waals surface area contributed by atoms with Gasteiger partial charge in [-0.25, -0.2) is 5.84 Å². The molecule has 0 aliphatic heterocycles. The molecule has 1 aliphatic carbocycles. The fraction of sp³-hybridized carbons (Fsp3) is 0.900. The monoisotopic (exact) mass is 184 g/mol. The lowest BCUT2D eigenvalue weighted by Crippen LogP contribution is -2.29. The first-order chi connectivity index (χ1) is 6.33. The number of carbonyl (C=O) groups excluding carboxylic acids is 1. The second kappa shape index (κ2) is 5.97. The Morgan fingerprint density at radius 1 is 1.31 bits per heavy atom. The van der Waals surface area contributed by atoms with E-state index in [1.54, 1.807) is 0 Å². The van der Waals surface area contributed by atoms with Crippen LogP contribution in [0.3, 0.4) is 0 Å². The highest BCUT2D eigenvalue weighted by molar-refractivity contribution is 5.74. The van der Waals surface area contributed by atoms with Gasteiger partial charge in [-0.1, -0.05) is 38.5 Å². The predicted octanol–water partition coefficient (Wildman–Crippen LogP) is 1.73. The topological polar surface area (TPSA) is 55.1 Å². The third-order valence-electron chi connectivity index (χ3n) is 2.90. The van der Waals surface area contributed by atoms with Crippen LogP contribution in [0.2, 0.25) is 0 Å². The Bertz CT molecular complexity index is 153. The first kappa shape index (κ1) is 10.5. The van der Waals surface area contributed by atoms with E-state index in [1.807, 2.05) is 0 Å². The van der Waals surface area contributed by atoms with Gasteiger partial charge in [0.15, 0.2) is 0 Å². The van der Waals surface area contributed by atoms with Gasteiger partial charge in [-0.3, -0.25) is 10.2 Å². The molecule has 0 unspecified atom stereocenters. The molecule has 0 saturated heterocycles. The van der Waals surface area contributed by atoms with E-state index in [-0.39, 0.29) is 5.91 Å². The molecule has 3 nitrogen and oxygen atoms in total. The molecular formula is C10H20N2O. The van der Waals surface area contributed by atoms with Crippen LogP contribution in [0.25, 0.3) is 0 Å². The lowest BCUT2D eigenvalue weighted by atomic mass is 10.00. The molecule has 0 spiro atoms. The highest BCUT2D eigenvalue weighted by atomic mass is 16.2. The Kier molecular flexibility index (Phi) is 4.83. The number of carbonyl (C=O) groups is 1. The molecule has 1 amide bonds. The minimum atomic E-state index is -0.0357. The Morgan fingerprint density at radius 3 is 2.62 bits per heavy atom. The number of nitrogens with one attached hydrogen (secondary N) is 1. The molecule has 76 valence electrons. The highest BCUT2D eigenvalue weighted by Crippen LogP contribution is 2.28. The van der Waals surface area contributed by atoms with E-state index in [2.05, 4.69) is 5.43 Å². The normalized spacial score (nSPS) is 17.6. The van der Waals surface area contributed by atoms with Gasteiger partial charge in [0.05, 0.1) is 0 Å². The smallest absolute Gasteiger partial charge is 0.233 e. The number of hydrogen-bond donors (Lipinski definition) is 2. The summed E-state index contributed by atoms with van der Waals surface area (Å²) in [5.74, 6) is 5.89. The molecule has 0 heterocycles. The van der Waals surface area contributed by atoms with Crippen LogP contribution >= 0.6 is 0 Å². The lowest BCUT2D eigenvalue weighted by molar-refractivity contribution is -0.121. The van der Waals surface area contributed by atoms with Crippen molar-refractivity contribution in [3.8, 4) is 0 Å². The molecule has 0 aromatic heterocycles. The van der Waals surface area contributed by atoms with Crippen molar-refractivity contribution < 1.29 is 4.79 Å². The first-order valence-electron chi connectivity index (χ1n) is 5.32. The molecule has 0 atom stereocenters. The largest absolute Gasteiger partial charge is 0.294 e. The van der Waals surface area contributed by atoms with Crippen molar-refractivity contribution in [3.63, 3.8) is 0 Å². The van der Waals surface area contributed by atoms with Crippen molar-refractivity contribution in [2.24, 2.45) is 11.8 Å². The standard InChI is InChI=1S/C10H20N2O/c11-12-10(13)8-4-3-7-9-5-1-2-6-9/h9H,1-8,11H2,(H,12,13). The number of hydrazine groups is 1. The molecule has 3 heteroatoms. The minimum Gasteiger partial charge on any atom is -0.294 e. The number of unbranched alkanes of at least 4 members (excludes halogenated alkanes) is 1. The van der Waals surface area contributed by atoms with E-state index in [4.69, 9.17) is 5.84 Å². The third kappa shape index (κ3) is 4.27. The maximum atomic E-state index is 10.8. The van der Waals surface area contributed by atoms with Crippen LogP contribution in [-0.4, -0.2) is 5.91 Å². The number of hydrogen-bond acceptors (Lipinski definition) is 2. The summed E-state index contributed by atoms with van der Waals surface area (Å²) >= 11 is 0. The van der Waals surface area contributed by atoms with Crippen LogP contribution in [0.15, 0.2) is 0 Å². The molecule has 1 saturated carbocycles. The first-order valence-corrected chi connectivity index (χ1v) is 5.32. The van der Waals surface area contributed by atoms with Crippen molar-refractivity contribution in [1.29, 1.82) is 0 Å². The SMILES string of the molecule is NNC(=O)CCCCC1CCCC1. The molecule has 1 aliphatic rings. The average Bonchev–Trinajstić information content (AvgIpc) is 2.64. The van der Waals surface area contributed by atoms with Crippen molar-refractivity contribution in [2.45, 2.75) is 51.4 Å². The van der Waals surface area contributed by atoms with E-state index in [1.165, 1.54) is 38.5 Å². The zero-order valence-corrected chi connectivity index (χ0v) is 8.22. The zero-order valence-electron chi connectivity index (χ0n) is 8.22. The fourth-order valence-electron chi connectivity index (χ4n) is 2.09. The second-order valence-corrected chi connectivity index (χ2v) is 3.96. The van der Waals surface area contributed by atoms with Gasteiger partial charge in [0.1, 0.15) is 0 Å². The molecular weight excluding hydrogens is 164 g/mol. The van der Waals surface area contributed by atoms with Crippen molar-refractivity contribution in [1.82, 2.24) is 5.43 Å². The predicted molar refractivity (Wildman–Crippen MR) is 52.8 cm³/mol. The van der Waals surface area contributed by atoms with Crippen molar-refractivity contribution in [2.75, 3.05) is 0 Å². The Balaban J connectivity index is 1.91. The van der Waals surface area contributed by atoms with Gasteiger partial charge in [-0.15, -0.1) is 0 Å². The summed E-state index contributed by atoms with van der Waals surface area (Å²) in [5, 5.41) is 0. The molecule has 1 fully saturated rings. The highest BCUT2D eigenvalue weighted by Gasteiger charge is 2.13. The van der Waals surface area contributed by atoms with E-state index in [9.17, 15) is 4.79 Å². The van der Waals surface area contributed by atoms with Gasteiger partial charge >= 0.3 is 0 Å². The summed E-state index contributed by atoms with van der Waals surface area (Å²) in [6.07, 6.45) is 9.69. The van der Waals surface area contributed by atoms with Gasteiger partial charge in [-0.05, 0) is 12.3 Å². The second-order valence-electron chi connectivity index (χ2n) is 3.96. The number of nitrogens with two attached hydrogens (primary N) is 1.